The van der Waals surface area contributed by atoms with Gasteiger partial charge in [0.2, 0.25) is 0 Å². The first-order valence-corrected chi connectivity index (χ1v) is 7.09. The summed E-state index contributed by atoms with van der Waals surface area (Å²) in [4.78, 5) is 19.2. The summed E-state index contributed by atoms with van der Waals surface area (Å²) >= 11 is 0. The van der Waals surface area contributed by atoms with E-state index in [4.69, 9.17) is 4.74 Å². The predicted molar refractivity (Wildman–Crippen MR) is 77.6 cm³/mol. The molecular formula is C15H19N3O2. The molecule has 106 valence electrons. The number of benzene rings is 1. The third-order valence-corrected chi connectivity index (χ3v) is 3.71. The number of fused-ring (bicyclic) bond motifs is 1. The third-order valence-electron chi connectivity index (χ3n) is 3.71. The molecular weight excluding hydrogens is 254 g/mol. The third kappa shape index (κ3) is 3.05. The summed E-state index contributed by atoms with van der Waals surface area (Å²) in [6.07, 6.45) is 2.27. The van der Waals surface area contributed by atoms with Crippen molar-refractivity contribution >= 4 is 10.9 Å². The minimum Gasteiger partial charge on any atom is -0.381 e. The lowest BCUT2D eigenvalue weighted by atomic mass is 10.1. The Labute approximate surface area is 117 Å². The first-order chi connectivity index (χ1) is 9.83. The van der Waals surface area contributed by atoms with E-state index in [9.17, 15) is 4.79 Å². The van der Waals surface area contributed by atoms with E-state index < -0.39 is 0 Å². The molecule has 2 N–H and O–H groups in total. The summed E-state index contributed by atoms with van der Waals surface area (Å²) in [5.74, 6) is 1.36. The zero-order valence-corrected chi connectivity index (χ0v) is 11.4. The molecule has 0 saturated carbocycles. The van der Waals surface area contributed by atoms with Gasteiger partial charge in [-0.3, -0.25) is 4.79 Å². The predicted octanol–water partition coefficient (Wildman–Crippen LogP) is 1.44. The van der Waals surface area contributed by atoms with Gasteiger partial charge in [-0.1, -0.05) is 12.1 Å². The van der Waals surface area contributed by atoms with Crippen molar-refractivity contribution in [2.45, 2.75) is 19.4 Å². The summed E-state index contributed by atoms with van der Waals surface area (Å²) in [5, 5.41) is 3.97. The van der Waals surface area contributed by atoms with Crippen LogP contribution >= 0.6 is 0 Å². The SMILES string of the molecule is O=c1[nH]c(CNCCC2CCOC2)nc2ccccc12. The van der Waals surface area contributed by atoms with E-state index in [-0.39, 0.29) is 5.56 Å². The van der Waals surface area contributed by atoms with E-state index in [1.54, 1.807) is 6.07 Å². The highest BCUT2D eigenvalue weighted by Crippen LogP contribution is 2.15. The summed E-state index contributed by atoms with van der Waals surface area (Å²) < 4.78 is 5.35. The molecule has 1 unspecified atom stereocenters. The molecule has 5 nitrogen and oxygen atoms in total. The number of para-hydroxylation sites is 1. The van der Waals surface area contributed by atoms with Crippen LogP contribution in [-0.4, -0.2) is 29.7 Å². The van der Waals surface area contributed by atoms with Crippen LogP contribution in [0.25, 0.3) is 10.9 Å². The second kappa shape index (κ2) is 6.15. The van der Waals surface area contributed by atoms with Crippen molar-refractivity contribution in [3.8, 4) is 0 Å². The van der Waals surface area contributed by atoms with Gasteiger partial charge in [-0.05, 0) is 37.4 Å². The summed E-state index contributed by atoms with van der Waals surface area (Å²) in [6, 6.07) is 7.40. The molecule has 2 heterocycles. The van der Waals surface area contributed by atoms with Crippen LogP contribution in [0.1, 0.15) is 18.7 Å². The van der Waals surface area contributed by atoms with Gasteiger partial charge in [0.25, 0.3) is 5.56 Å². The van der Waals surface area contributed by atoms with Crippen molar-refractivity contribution in [2.75, 3.05) is 19.8 Å². The topological polar surface area (TPSA) is 67.0 Å². The monoisotopic (exact) mass is 273 g/mol. The van der Waals surface area contributed by atoms with Gasteiger partial charge in [0.05, 0.1) is 17.4 Å². The molecule has 0 amide bonds. The zero-order valence-electron chi connectivity index (χ0n) is 11.4. The van der Waals surface area contributed by atoms with Crippen LogP contribution in [0.15, 0.2) is 29.1 Å². The Kier molecular flexibility index (Phi) is 4.08. The average Bonchev–Trinajstić information content (AvgIpc) is 2.97. The average molecular weight is 273 g/mol. The number of nitrogens with one attached hydrogen (secondary N) is 2. The molecule has 0 radical (unpaired) electrons. The maximum absolute atomic E-state index is 11.9. The maximum atomic E-state index is 11.9. The first kappa shape index (κ1) is 13.3. The number of aromatic amines is 1. The lowest BCUT2D eigenvalue weighted by Gasteiger charge is -2.08. The van der Waals surface area contributed by atoms with E-state index in [1.807, 2.05) is 18.2 Å². The molecule has 3 rings (SSSR count). The Bertz CT molecular complexity index is 632. The second-order valence-corrected chi connectivity index (χ2v) is 5.22. The van der Waals surface area contributed by atoms with Crippen LogP contribution in [-0.2, 0) is 11.3 Å². The Morgan fingerprint density at radius 2 is 2.30 bits per heavy atom. The minimum atomic E-state index is -0.0726. The molecule has 0 bridgehead atoms. The quantitative estimate of drug-likeness (QED) is 0.809. The molecule has 1 aromatic carbocycles. The number of H-pyrrole nitrogens is 1. The largest absolute Gasteiger partial charge is 0.381 e. The summed E-state index contributed by atoms with van der Waals surface area (Å²) in [7, 11) is 0. The second-order valence-electron chi connectivity index (χ2n) is 5.22. The standard InChI is InChI=1S/C15H19N3O2/c19-15-12-3-1-2-4-13(12)17-14(18-15)9-16-7-5-11-6-8-20-10-11/h1-4,11,16H,5-10H2,(H,17,18,19). The molecule has 1 fully saturated rings. The molecule has 2 aromatic rings. The highest BCUT2D eigenvalue weighted by atomic mass is 16.5. The zero-order chi connectivity index (χ0) is 13.8. The van der Waals surface area contributed by atoms with Crippen LogP contribution in [0.4, 0.5) is 0 Å². The fraction of sp³-hybridized carbons (Fsp3) is 0.467. The lowest BCUT2D eigenvalue weighted by molar-refractivity contribution is 0.184. The molecule has 1 aliphatic heterocycles. The van der Waals surface area contributed by atoms with E-state index in [2.05, 4.69) is 15.3 Å². The van der Waals surface area contributed by atoms with E-state index >= 15 is 0 Å². The Morgan fingerprint density at radius 3 is 3.15 bits per heavy atom. The summed E-state index contributed by atoms with van der Waals surface area (Å²) in [5.41, 5.74) is 0.675. The van der Waals surface area contributed by atoms with Gasteiger partial charge < -0.3 is 15.0 Å². The molecule has 1 aliphatic rings. The number of ether oxygens (including phenoxy) is 1. The van der Waals surface area contributed by atoms with Gasteiger partial charge in [-0.2, -0.15) is 0 Å². The number of rotatable bonds is 5. The smallest absolute Gasteiger partial charge is 0.258 e. The van der Waals surface area contributed by atoms with E-state index in [0.29, 0.717) is 23.7 Å². The van der Waals surface area contributed by atoms with Crippen molar-refractivity contribution in [3.05, 3.63) is 40.4 Å². The highest BCUT2D eigenvalue weighted by Gasteiger charge is 2.14. The van der Waals surface area contributed by atoms with Crippen molar-refractivity contribution < 1.29 is 4.74 Å². The molecule has 0 aliphatic carbocycles. The van der Waals surface area contributed by atoms with Gasteiger partial charge in [-0.15, -0.1) is 0 Å². The van der Waals surface area contributed by atoms with E-state index in [1.165, 1.54) is 0 Å². The first-order valence-electron chi connectivity index (χ1n) is 7.09. The van der Waals surface area contributed by atoms with Gasteiger partial charge >= 0.3 is 0 Å². The van der Waals surface area contributed by atoms with Gasteiger partial charge in [0.1, 0.15) is 5.82 Å². The van der Waals surface area contributed by atoms with Crippen LogP contribution in [0, 0.1) is 5.92 Å². The van der Waals surface area contributed by atoms with Gasteiger partial charge in [-0.25, -0.2) is 4.98 Å². The maximum Gasteiger partial charge on any atom is 0.258 e. The number of hydrogen-bond donors (Lipinski definition) is 2. The van der Waals surface area contributed by atoms with Crippen LogP contribution in [0.5, 0.6) is 0 Å². The molecule has 1 saturated heterocycles. The molecule has 0 spiro atoms. The van der Waals surface area contributed by atoms with Gasteiger partial charge in [0, 0.05) is 13.2 Å². The Balaban J connectivity index is 1.58. The molecule has 20 heavy (non-hydrogen) atoms. The van der Waals surface area contributed by atoms with Crippen molar-refractivity contribution in [3.63, 3.8) is 0 Å². The van der Waals surface area contributed by atoms with Crippen LogP contribution in [0.2, 0.25) is 0 Å². The Hall–Kier alpha value is -1.72. The molecule has 1 aromatic heterocycles. The van der Waals surface area contributed by atoms with Crippen LogP contribution in [0.3, 0.4) is 0 Å². The fourth-order valence-corrected chi connectivity index (χ4v) is 2.54. The van der Waals surface area contributed by atoms with Crippen molar-refractivity contribution in [1.82, 2.24) is 15.3 Å². The van der Waals surface area contributed by atoms with Gasteiger partial charge in [0.15, 0.2) is 0 Å². The fourth-order valence-electron chi connectivity index (χ4n) is 2.54. The number of aromatic nitrogens is 2. The Morgan fingerprint density at radius 1 is 1.40 bits per heavy atom. The highest BCUT2D eigenvalue weighted by molar-refractivity contribution is 5.77. The normalized spacial score (nSPS) is 18.7. The van der Waals surface area contributed by atoms with Crippen LogP contribution < -0.4 is 10.9 Å². The lowest BCUT2D eigenvalue weighted by Crippen LogP contribution is -2.22. The molecule has 5 heteroatoms. The van der Waals surface area contributed by atoms with E-state index in [0.717, 1.165) is 38.1 Å². The number of nitrogens with zero attached hydrogens (tertiary/aromatic N) is 1. The minimum absolute atomic E-state index is 0.0726. The van der Waals surface area contributed by atoms with Crippen molar-refractivity contribution in [2.24, 2.45) is 5.92 Å². The summed E-state index contributed by atoms with van der Waals surface area (Å²) in [6.45, 7) is 3.29. The molecule has 1 atom stereocenters. The van der Waals surface area contributed by atoms with Crippen molar-refractivity contribution in [1.29, 1.82) is 0 Å². The number of hydrogen-bond acceptors (Lipinski definition) is 4.